The summed E-state index contributed by atoms with van der Waals surface area (Å²) in [5.41, 5.74) is 9.15. The lowest BCUT2D eigenvalue weighted by Gasteiger charge is -2.40. The van der Waals surface area contributed by atoms with Gasteiger partial charge in [0.05, 0.1) is 90.4 Å². The molecule has 1 atom stereocenters. The Hall–Kier alpha value is -10.1. The van der Waals surface area contributed by atoms with E-state index in [1.165, 1.54) is 18.2 Å². The fourth-order valence-electron chi connectivity index (χ4n) is 13.2. The highest BCUT2D eigenvalue weighted by atomic mass is 19.1. The number of benzene rings is 9. The molecule has 4 fully saturated rings. The predicted molar refractivity (Wildman–Crippen MR) is 490 cm³/mol. The zero-order valence-electron chi connectivity index (χ0n) is 63.5. The highest BCUT2D eigenvalue weighted by Gasteiger charge is 2.40. The molecule has 0 bridgehead atoms. The van der Waals surface area contributed by atoms with Crippen molar-refractivity contribution in [2.24, 2.45) is 21.7 Å². The van der Waals surface area contributed by atoms with Gasteiger partial charge in [-0.1, -0.05) is 166 Å². The van der Waals surface area contributed by atoms with Crippen molar-refractivity contribution in [1.29, 1.82) is 0 Å². The van der Waals surface area contributed by atoms with Crippen molar-refractivity contribution in [3.8, 4) is 90.9 Å². The first-order chi connectivity index (χ1) is 54.0. The third kappa shape index (κ3) is 28.2. The molecular weight excluding hydrogens is 1570 g/mol. The van der Waals surface area contributed by atoms with Crippen LogP contribution in [0, 0.1) is 40.2 Å². The smallest absolute Gasteiger partial charge is 0.343 e. The Morgan fingerprint density at radius 1 is 0.317 bits per heavy atom. The summed E-state index contributed by atoms with van der Waals surface area (Å²) in [6.07, 6.45) is 4.01. The molecule has 0 N–H and O–H groups in total. The normalized spacial score (nSPS) is 14.7. The summed E-state index contributed by atoms with van der Waals surface area (Å²) in [6, 6.07) is 54.1. The second kappa shape index (κ2) is 51.8. The molecule has 14 rings (SSSR count). The Labute approximate surface area is 734 Å². The molecule has 0 radical (unpaired) electrons. The van der Waals surface area contributed by atoms with Gasteiger partial charge < -0.3 is 85.3 Å². The van der Waals surface area contributed by atoms with Crippen LogP contribution in [0.3, 0.4) is 0 Å². The first-order valence-corrected chi connectivity index (χ1v) is 37.5. The minimum absolute atomic E-state index is 0. The maximum Gasteiger partial charge on any atom is 0.343 e. The monoisotopic (exact) mass is 1710 g/mol. The maximum atomic E-state index is 15.3. The second-order valence-corrected chi connectivity index (χ2v) is 29.0. The number of esters is 2. The summed E-state index contributed by atoms with van der Waals surface area (Å²) < 4.78 is 131. The molecule has 123 heavy (non-hydrogen) atoms. The average Bonchev–Trinajstić information content (AvgIpc) is 1.61. The quantitative estimate of drug-likeness (QED) is 0.0153. The second-order valence-electron chi connectivity index (χ2n) is 29.0. The number of ether oxygens (including phenoxy) is 18. The van der Waals surface area contributed by atoms with Gasteiger partial charge in [0.15, 0.2) is 50.3 Å². The molecule has 22 heteroatoms. The van der Waals surface area contributed by atoms with Crippen LogP contribution >= 0.6 is 0 Å². The van der Waals surface area contributed by atoms with Crippen LogP contribution in [-0.2, 0) is 37.9 Å². The predicted octanol–water partition coefficient (Wildman–Crippen LogP) is 25.4. The van der Waals surface area contributed by atoms with Gasteiger partial charge in [0.1, 0.15) is 46.0 Å². The van der Waals surface area contributed by atoms with Crippen molar-refractivity contribution >= 4 is 11.9 Å². The van der Waals surface area contributed by atoms with E-state index in [1.54, 1.807) is 91.0 Å². The maximum absolute atomic E-state index is 15.3. The Bertz CT molecular complexity index is 4560. The molecule has 0 saturated carbocycles. The largest absolute Gasteiger partial charge is 0.468 e. The van der Waals surface area contributed by atoms with E-state index in [1.807, 2.05) is 79.7 Å². The van der Waals surface area contributed by atoms with E-state index in [2.05, 4.69) is 40.7 Å². The number of rotatable bonds is 38. The van der Waals surface area contributed by atoms with Crippen LogP contribution < -0.4 is 47.4 Å². The summed E-state index contributed by atoms with van der Waals surface area (Å²) >= 11 is 0. The molecule has 1 aliphatic carbocycles. The molecule has 20 nitrogen and oxygen atoms in total. The standard InChI is InChI=1S/C47H48F2O10.C42H46O10.12CH4/c1-4-46(23-51-24-46)27-53-29-55-37-11-6-33(7-12-37)45(50)59-44-19-10-36(22-42(44)49)40-17-8-34(20-32(40)3)35-9-18-43(41(48)21-35)58-31-57-39-15-13-38(14-16-39)56-30-54-28-47(5-2)25-52-26-47;1-4-41(20-44-21-41)24-46-26-48-31-8-6-30(7-9-31)40(43)52-35-15-17-37-36-16-14-34(18-38(36)29(3)39(37)19-35)51-28-50-33-12-10-32(11-13-33)49-27-47-25-42(5-2)22-45-23-42;;;;;;;;;;;;/h6-22H,4-5,23-31H2,1-3H3;6-19,29H,4-5,20-28H2,1-3H3;12*1H4. The minimum Gasteiger partial charge on any atom is -0.468 e. The van der Waals surface area contributed by atoms with Gasteiger partial charge in [0.2, 0.25) is 13.6 Å². The summed E-state index contributed by atoms with van der Waals surface area (Å²) in [7, 11) is 0. The van der Waals surface area contributed by atoms with Crippen LogP contribution in [-0.4, -0.2) is 132 Å². The van der Waals surface area contributed by atoms with E-state index in [0.717, 1.165) is 91.1 Å². The number of hydrogen-bond donors (Lipinski definition) is 0. The van der Waals surface area contributed by atoms with Crippen molar-refractivity contribution in [2.75, 3.05) is 120 Å². The molecule has 9 aromatic carbocycles. The van der Waals surface area contributed by atoms with Crippen molar-refractivity contribution in [1.82, 2.24) is 0 Å². The summed E-state index contributed by atoms with van der Waals surface area (Å²) in [6.45, 7) is 21.1. The van der Waals surface area contributed by atoms with E-state index in [-0.39, 0.29) is 175 Å². The van der Waals surface area contributed by atoms with Gasteiger partial charge in [-0.25, -0.2) is 18.4 Å². The van der Waals surface area contributed by atoms with Gasteiger partial charge in [-0.15, -0.1) is 0 Å². The van der Waals surface area contributed by atoms with Gasteiger partial charge in [-0.3, -0.25) is 0 Å². The number of carbonyl (C=O) groups is 2. The number of fused-ring (bicyclic) bond motifs is 3. The molecule has 0 spiro atoms. The summed E-state index contributed by atoms with van der Waals surface area (Å²) in [4.78, 5) is 25.8. The van der Waals surface area contributed by atoms with Gasteiger partial charge in [-0.05, 0) is 228 Å². The number of hydrogen-bond acceptors (Lipinski definition) is 20. The molecule has 680 valence electrons. The lowest BCUT2D eigenvalue weighted by atomic mass is 9.84. The Kier molecular flexibility index (Phi) is 46.7. The fourth-order valence-corrected chi connectivity index (χ4v) is 13.2. The zero-order valence-corrected chi connectivity index (χ0v) is 63.5. The molecular formula is C101H142F2O20. The number of halogens is 2. The third-order valence-corrected chi connectivity index (χ3v) is 21.3. The van der Waals surface area contributed by atoms with Crippen molar-refractivity contribution < 1.29 is 104 Å². The van der Waals surface area contributed by atoms with Crippen molar-refractivity contribution in [3.63, 3.8) is 0 Å². The van der Waals surface area contributed by atoms with Gasteiger partial charge in [-0.2, -0.15) is 0 Å². The van der Waals surface area contributed by atoms with Crippen LogP contribution in [0.5, 0.6) is 57.5 Å². The van der Waals surface area contributed by atoms with Gasteiger partial charge in [0, 0.05) is 27.6 Å². The number of aryl methyl sites for hydroxylation is 1. The molecule has 5 aliphatic rings. The lowest BCUT2D eigenvalue weighted by Crippen LogP contribution is -2.45. The average molecular weight is 1710 g/mol. The molecule has 4 saturated heterocycles. The van der Waals surface area contributed by atoms with E-state index in [0.29, 0.717) is 116 Å². The molecule has 9 aromatic rings. The molecule has 1 unspecified atom stereocenters. The van der Waals surface area contributed by atoms with Crippen molar-refractivity contribution in [2.45, 2.75) is 162 Å². The fraction of sp³-hybridized carbons (Fsp3) is 0.446. The summed E-state index contributed by atoms with van der Waals surface area (Å²) in [5, 5.41) is 0. The molecule has 0 amide bonds. The van der Waals surface area contributed by atoms with Crippen LogP contribution in [0.2, 0.25) is 0 Å². The highest BCUT2D eigenvalue weighted by Crippen LogP contribution is 2.48. The number of carbonyl (C=O) groups excluding carboxylic acids is 2. The van der Waals surface area contributed by atoms with Crippen LogP contribution in [0.25, 0.3) is 33.4 Å². The summed E-state index contributed by atoms with van der Waals surface area (Å²) in [5.74, 6) is 2.45. The first kappa shape index (κ1) is 111. The first-order valence-electron chi connectivity index (χ1n) is 37.5. The minimum atomic E-state index is -0.704. The zero-order chi connectivity index (χ0) is 77.2. The van der Waals surface area contributed by atoms with Crippen LogP contribution in [0.4, 0.5) is 8.78 Å². The molecule has 0 aromatic heterocycles. The Morgan fingerprint density at radius 3 is 0.959 bits per heavy atom. The lowest BCUT2D eigenvalue weighted by molar-refractivity contribution is -0.162. The van der Waals surface area contributed by atoms with Gasteiger partial charge >= 0.3 is 11.9 Å². The van der Waals surface area contributed by atoms with E-state index < -0.39 is 23.6 Å². The molecule has 4 heterocycles. The highest BCUT2D eigenvalue weighted by molar-refractivity contribution is 5.92. The van der Waals surface area contributed by atoms with E-state index in [9.17, 15) is 9.59 Å². The molecule has 4 aliphatic heterocycles. The van der Waals surface area contributed by atoms with Crippen LogP contribution in [0.1, 0.15) is 193 Å². The van der Waals surface area contributed by atoms with Crippen molar-refractivity contribution in [3.05, 3.63) is 228 Å². The van der Waals surface area contributed by atoms with Gasteiger partial charge in [0.25, 0.3) is 0 Å². The Morgan fingerprint density at radius 2 is 0.602 bits per heavy atom. The Balaban J connectivity index is 0.00000113. The van der Waals surface area contributed by atoms with E-state index >= 15 is 8.78 Å². The van der Waals surface area contributed by atoms with Crippen LogP contribution in [0.15, 0.2) is 188 Å². The van der Waals surface area contributed by atoms with E-state index in [4.69, 9.17) is 85.3 Å². The topological polar surface area (TPSA) is 200 Å². The third-order valence-electron chi connectivity index (χ3n) is 21.3. The SMILES string of the molecule is C.C.C.C.C.C.C.C.C.C.C.C.CCC1(COCOc2ccc(OCOc3ccc(-c4ccc(-c5ccc(OC(=O)c6ccc(OCOCC7(CC)COC7)cc6)c(F)c5)c(C)c4)cc3F)cc2)COC1.CCC1(COCOc2ccc(OCOc3ccc4c(c3)C(C)c3cc(OC(=O)c5ccc(OCOCC6(CC)COC6)cc5)ccc3-4)cc2)COC1.